The molecule has 0 bridgehead atoms. The molecule has 0 unspecified atom stereocenters. The second kappa shape index (κ2) is 5.09. The third kappa shape index (κ3) is 2.23. The van der Waals surface area contributed by atoms with Crippen LogP contribution in [0.15, 0.2) is 24.3 Å². The highest BCUT2D eigenvalue weighted by Gasteiger charge is 2.06. The van der Waals surface area contributed by atoms with Crippen LogP contribution in [0.4, 0.5) is 0 Å². The highest BCUT2D eigenvalue weighted by molar-refractivity contribution is 5.81. The molecule has 0 aliphatic carbocycles. The van der Waals surface area contributed by atoms with Crippen LogP contribution in [-0.2, 0) is 13.6 Å². The van der Waals surface area contributed by atoms with Gasteiger partial charge in [0.05, 0.1) is 11.2 Å². The molecular formula is C12H17N3O. The summed E-state index contributed by atoms with van der Waals surface area (Å²) in [6, 6.07) is 8.21. The van der Waals surface area contributed by atoms with Crippen LogP contribution in [0.5, 0.6) is 0 Å². The molecule has 1 aromatic carbocycles. The number of benzene rings is 1. The van der Waals surface area contributed by atoms with Gasteiger partial charge in [0, 0.05) is 25.6 Å². The van der Waals surface area contributed by atoms with Crippen molar-refractivity contribution in [2.45, 2.75) is 13.0 Å². The van der Waals surface area contributed by atoms with E-state index in [2.05, 4.69) is 22.5 Å². The van der Waals surface area contributed by atoms with E-state index in [-0.39, 0.29) is 6.61 Å². The van der Waals surface area contributed by atoms with E-state index in [0.717, 1.165) is 30.7 Å². The number of aliphatic hydroxyl groups excluding tert-OH is 1. The molecule has 2 N–H and O–H groups in total. The van der Waals surface area contributed by atoms with Gasteiger partial charge in [0.25, 0.3) is 0 Å². The van der Waals surface area contributed by atoms with Crippen molar-refractivity contribution in [1.29, 1.82) is 0 Å². The third-order valence-electron chi connectivity index (χ3n) is 2.64. The van der Waals surface area contributed by atoms with E-state index in [1.165, 1.54) is 5.39 Å². The highest BCUT2D eigenvalue weighted by atomic mass is 16.3. The number of aryl methyl sites for hydroxylation is 1. The molecule has 1 aromatic heterocycles. The molecule has 4 heteroatoms. The Hall–Kier alpha value is -1.39. The van der Waals surface area contributed by atoms with Crippen LogP contribution in [0, 0.1) is 0 Å². The number of nitrogens with zero attached hydrogens (tertiary/aromatic N) is 2. The molecule has 0 aliphatic rings. The van der Waals surface area contributed by atoms with E-state index in [1.54, 1.807) is 0 Å². The summed E-state index contributed by atoms with van der Waals surface area (Å²) in [4.78, 5) is 0. The summed E-state index contributed by atoms with van der Waals surface area (Å²) in [6.45, 7) is 1.80. The smallest absolute Gasteiger partial charge is 0.0841 e. The normalized spacial score (nSPS) is 11.1. The summed E-state index contributed by atoms with van der Waals surface area (Å²) in [5, 5.41) is 17.6. The van der Waals surface area contributed by atoms with Gasteiger partial charge in [0.1, 0.15) is 0 Å². The summed E-state index contributed by atoms with van der Waals surface area (Å²) in [5.41, 5.74) is 2.22. The van der Waals surface area contributed by atoms with Crippen LogP contribution >= 0.6 is 0 Å². The summed E-state index contributed by atoms with van der Waals surface area (Å²) in [5.74, 6) is 0. The van der Waals surface area contributed by atoms with E-state index >= 15 is 0 Å². The largest absolute Gasteiger partial charge is 0.396 e. The van der Waals surface area contributed by atoms with Crippen molar-refractivity contribution < 1.29 is 5.11 Å². The van der Waals surface area contributed by atoms with E-state index < -0.39 is 0 Å². The first kappa shape index (κ1) is 11.1. The zero-order valence-corrected chi connectivity index (χ0v) is 9.48. The Morgan fingerprint density at radius 2 is 2.19 bits per heavy atom. The average Bonchev–Trinajstić information content (AvgIpc) is 2.63. The van der Waals surface area contributed by atoms with Gasteiger partial charge in [-0.05, 0) is 19.0 Å². The predicted molar refractivity (Wildman–Crippen MR) is 64.1 cm³/mol. The average molecular weight is 219 g/mol. The Balaban J connectivity index is 2.12. The van der Waals surface area contributed by atoms with Crippen molar-refractivity contribution >= 4 is 10.9 Å². The molecule has 0 radical (unpaired) electrons. The fraction of sp³-hybridized carbons (Fsp3) is 0.417. The zero-order valence-electron chi connectivity index (χ0n) is 9.48. The van der Waals surface area contributed by atoms with E-state index in [4.69, 9.17) is 5.11 Å². The number of aromatic nitrogens is 2. The Bertz CT molecular complexity index is 464. The lowest BCUT2D eigenvalue weighted by atomic mass is 10.2. The van der Waals surface area contributed by atoms with Gasteiger partial charge in [0.2, 0.25) is 0 Å². The number of hydrogen-bond donors (Lipinski definition) is 2. The number of nitrogens with one attached hydrogen (secondary N) is 1. The van der Waals surface area contributed by atoms with Crippen LogP contribution < -0.4 is 5.32 Å². The summed E-state index contributed by atoms with van der Waals surface area (Å²) >= 11 is 0. The predicted octanol–water partition coefficient (Wildman–Crippen LogP) is 1.05. The minimum Gasteiger partial charge on any atom is -0.396 e. The third-order valence-corrected chi connectivity index (χ3v) is 2.64. The number of aliphatic hydroxyl groups is 1. The first-order valence-corrected chi connectivity index (χ1v) is 5.55. The SMILES string of the molecule is Cn1nc(CNCCCO)c2ccccc21. The first-order valence-electron chi connectivity index (χ1n) is 5.55. The highest BCUT2D eigenvalue weighted by Crippen LogP contribution is 2.16. The molecule has 0 amide bonds. The number of para-hydroxylation sites is 1. The van der Waals surface area contributed by atoms with Gasteiger partial charge >= 0.3 is 0 Å². The molecule has 4 nitrogen and oxygen atoms in total. The van der Waals surface area contributed by atoms with Crippen molar-refractivity contribution in [3.8, 4) is 0 Å². The van der Waals surface area contributed by atoms with E-state index in [0.29, 0.717) is 0 Å². The van der Waals surface area contributed by atoms with Gasteiger partial charge < -0.3 is 10.4 Å². The minimum absolute atomic E-state index is 0.232. The Morgan fingerprint density at radius 3 is 3.00 bits per heavy atom. The number of fused-ring (bicyclic) bond motifs is 1. The molecule has 16 heavy (non-hydrogen) atoms. The lowest BCUT2D eigenvalue weighted by Gasteiger charge is -2.00. The number of hydrogen-bond acceptors (Lipinski definition) is 3. The molecule has 0 saturated carbocycles. The second-order valence-corrected chi connectivity index (χ2v) is 3.84. The van der Waals surface area contributed by atoms with Crippen LogP contribution in [0.1, 0.15) is 12.1 Å². The molecule has 0 aliphatic heterocycles. The molecule has 0 saturated heterocycles. The Kier molecular flexibility index (Phi) is 3.54. The molecule has 0 fully saturated rings. The molecule has 0 spiro atoms. The minimum atomic E-state index is 0.232. The van der Waals surface area contributed by atoms with E-state index in [1.807, 2.05) is 23.9 Å². The summed E-state index contributed by atoms with van der Waals surface area (Å²) < 4.78 is 1.90. The fourth-order valence-electron chi connectivity index (χ4n) is 1.83. The number of rotatable bonds is 5. The lowest BCUT2D eigenvalue weighted by molar-refractivity contribution is 0.286. The van der Waals surface area contributed by atoms with Gasteiger partial charge in [-0.15, -0.1) is 0 Å². The monoisotopic (exact) mass is 219 g/mol. The molecule has 2 rings (SSSR count). The lowest BCUT2D eigenvalue weighted by Crippen LogP contribution is -2.16. The molecule has 86 valence electrons. The van der Waals surface area contributed by atoms with Crippen LogP contribution in [0.3, 0.4) is 0 Å². The Morgan fingerprint density at radius 1 is 1.38 bits per heavy atom. The van der Waals surface area contributed by atoms with Crippen molar-refractivity contribution in [1.82, 2.24) is 15.1 Å². The standard InChI is InChI=1S/C12H17N3O/c1-15-12-6-3-2-5-10(12)11(14-15)9-13-7-4-8-16/h2-3,5-6,13,16H,4,7-9H2,1H3. The van der Waals surface area contributed by atoms with Gasteiger partial charge in [-0.3, -0.25) is 4.68 Å². The van der Waals surface area contributed by atoms with Gasteiger partial charge in [-0.25, -0.2) is 0 Å². The van der Waals surface area contributed by atoms with Crippen molar-refractivity contribution in [3.63, 3.8) is 0 Å². The molecule has 1 heterocycles. The van der Waals surface area contributed by atoms with Crippen molar-refractivity contribution in [2.24, 2.45) is 7.05 Å². The molecule has 0 atom stereocenters. The van der Waals surface area contributed by atoms with Gasteiger partial charge in [-0.2, -0.15) is 5.10 Å². The first-order chi connectivity index (χ1) is 7.83. The second-order valence-electron chi connectivity index (χ2n) is 3.84. The quantitative estimate of drug-likeness (QED) is 0.739. The topological polar surface area (TPSA) is 50.1 Å². The maximum absolute atomic E-state index is 8.68. The van der Waals surface area contributed by atoms with Crippen LogP contribution in [-0.4, -0.2) is 28.0 Å². The maximum Gasteiger partial charge on any atom is 0.0841 e. The molecule has 2 aromatic rings. The fourth-order valence-corrected chi connectivity index (χ4v) is 1.83. The Labute approximate surface area is 94.9 Å². The zero-order chi connectivity index (χ0) is 11.4. The molecular weight excluding hydrogens is 202 g/mol. The van der Waals surface area contributed by atoms with Crippen molar-refractivity contribution in [3.05, 3.63) is 30.0 Å². The van der Waals surface area contributed by atoms with Crippen LogP contribution in [0.25, 0.3) is 10.9 Å². The van der Waals surface area contributed by atoms with Gasteiger partial charge in [-0.1, -0.05) is 18.2 Å². The summed E-state index contributed by atoms with van der Waals surface area (Å²) in [6.07, 6.45) is 0.783. The summed E-state index contributed by atoms with van der Waals surface area (Å²) in [7, 11) is 1.96. The van der Waals surface area contributed by atoms with Gasteiger partial charge in [0.15, 0.2) is 0 Å². The van der Waals surface area contributed by atoms with E-state index in [9.17, 15) is 0 Å². The van der Waals surface area contributed by atoms with Crippen LogP contribution in [0.2, 0.25) is 0 Å². The van der Waals surface area contributed by atoms with Crippen molar-refractivity contribution in [2.75, 3.05) is 13.2 Å². The maximum atomic E-state index is 8.68.